The molecule has 0 aliphatic carbocycles. The number of hydrogen-bond acceptors (Lipinski definition) is 5. The van der Waals surface area contributed by atoms with Crippen LogP contribution in [0.25, 0.3) is 5.78 Å². The number of β-amino-alcohol motifs (C(OH)–C–C–N with tert-alkyl or cyclic N) is 1. The maximum absolute atomic E-state index is 11.7. The van der Waals surface area contributed by atoms with E-state index >= 15 is 0 Å². The smallest absolute Gasteiger partial charge is 0.274 e. The van der Waals surface area contributed by atoms with Gasteiger partial charge in [0.1, 0.15) is 6.33 Å². The Bertz CT molecular complexity index is 626. The second kappa shape index (κ2) is 3.89. The van der Waals surface area contributed by atoms with E-state index in [1.807, 2.05) is 6.92 Å². The highest BCUT2D eigenvalue weighted by molar-refractivity contribution is 5.26. The molecular weight excluding hydrogens is 234 g/mol. The molecule has 1 fully saturated rings. The van der Waals surface area contributed by atoms with Crippen molar-refractivity contribution in [3.8, 4) is 0 Å². The van der Waals surface area contributed by atoms with E-state index in [0.717, 1.165) is 6.42 Å². The van der Waals surface area contributed by atoms with E-state index < -0.39 is 5.60 Å². The van der Waals surface area contributed by atoms with Crippen molar-refractivity contribution in [3.63, 3.8) is 0 Å². The van der Waals surface area contributed by atoms with Crippen LogP contribution >= 0.6 is 0 Å². The molecule has 3 rings (SSSR count). The molecule has 0 spiro atoms. The van der Waals surface area contributed by atoms with Gasteiger partial charge in [-0.3, -0.25) is 14.8 Å². The Hall–Kier alpha value is -1.73. The fourth-order valence-corrected chi connectivity index (χ4v) is 2.30. The van der Waals surface area contributed by atoms with Crippen molar-refractivity contribution in [1.82, 2.24) is 24.5 Å². The molecule has 2 N–H and O–H groups in total. The van der Waals surface area contributed by atoms with E-state index in [2.05, 4.69) is 20.0 Å². The molecule has 0 amide bonds. The number of aromatic nitrogens is 4. The van der Waals surface area contributed by atoms with E-state index in [1.165, 1.54) is 16.9 Å². The van der Waals surface area contributed by atoms with Gasteiger partial charge in [0.25, 0.3) is 11.3 Å². The predicted molar refractivity (Wildman–Crippen MR) is 64.1 cm³/mol. The Morgan fingerprint density at radius 1 is 1.56 bits per heavy atom. The van der Waals surface area contributed by atoms with Crippen LogP contribution in [0, 0.1) is 0 Å². The van der Waals surface area contributed by atoms with Crippen molar-refractivity contribution in [2.45, 2.75) is 25.5 Å². The molecule has 2 aromatic rings. The molecule has 0 bridgehead atoms. The number of aromatic amines is 1. The Kier molecular flexibility index (Phi) is 2.46. The summed E-state index contributed by atoms with van der Waals surface area (Å²) in [5, 5.41) is 12.6. The first kappa shape index (κ1) is 11.4. The van der Waals surface area contributed by atoms with Crippen LogP contribution < -0.4 is 5.56 Å². The summed E-state index contributed by atoms with van der Waals surface area (Å²) in [5.41, 5.74) is -0.0464. The van der Waals surface area contributed by atoms with Gasteiger partial charge in [-0.15, -0.1) is 0 Å². The first-order chi connectivity index (χ1) is 8.59. The minimum atomic E-state index is -0.564. The van der Waals surface area contributed by atoms with Crippen LogP contribution in [0.4, 0.5) is 0 Å². The minimum absolute atomic E-state index is 0.168. The lowest BCUT2D eigenvalue weighted by molar-refractivity contribution is -0.103. The molecule has 7 nitrogen and oxygen atoms in total. The lowest BCUT2D eigenvalue weighted by Gasteiger charge is -2.46. The van der Waals surface area contributed by atoms with Gasteiger partial charge >= 0.3 is 0 Å². The van der Waals surface area contributed by atoms with Crippen molar-refractivity contribution < 1.29 is 5.11 Å². The zero-order chi connectivity index (χ0) is 12.8. The average Bonchev–Trinajstić information content (AvgIpc) is 2.75. The fraction of sp³-hybridized carbons (Fsp3) is 0.545. The van der Waals surface area contributed by atoms with Crippen molar-refractivity contribution in [1.29, 1.82) is 0 Å². The summed E-state index contributed by atoms with van der Waals surface area (Å²) in [7, 11) is 0. The topological polar surface area (TPSA) is 86.5 Å². The fourth-order valence-electron chi connectivity index (χ4n) is 2.30. The number of hydrogen-bond donors (Lipinski definition) is 2. The quantitative estimate of drug-likeness (QED) is 0.756. The molecule has 7 heteroatoms. The van der Waals surface area contributed by atoms with Crippen molar-refractivity contribution >= 4 is 5.78 Å². The van der Waals surface area contributed by atoms with E-state index in [-0.39, 0.29) is 5.56 Å². The van der Waals surface area contributed by atoms with Gasteiger partial charge in [-0.05, 0) is 6.42 Å². The summed E-state index contributed by atoms with van der Waals surface area (Å²) in [6.45, 7) is 3.80. The van der Waals surface area contributed by atoms with Crippen molar-refractivity contribution in [3.05, 3.63) is 28.4 Å². The largest absolute Gasteiger partial charge is 0.387 e. The number of likely N-dealkylation sites (tertiary alicyclic amines) is 1. The maximum atomic E-state index is 11.7. The predicted octanol–water partition coefficient (Wildman–Crippen LogP) is -0.626. The van der Waals surface area contributed by atoms with Gasteiger partial charge in [0, 0.05) is 25.7 Å². The summed E-state index contributed by atoms with van der Waals surface area (Å²) in [6, 6.07) is 1.49. The molecule has 0 atom stereocenters. The third-order valence-electron chi connectivity index (χ3n) is 3.40. The lowest BCUT2D eigenvalue weighted by atomic mass is 9.91. The molecule has 3 heterocycles. The van der Waals surface area contributed by atoms with Crippen LogP contribution in [-0.2, 0) is 6.54 Å². The van der Waals surface area contributed by atoms with Crippen molar-refractivity contribution in [2.75, 3.05) is 13.1 Å². The highest BCUT2D eigenvalue weighted by Gasteiger charge is 2.39. The maximum Gasteiger partial charge on any atom is 0.274 e. The Morgan fingerprint density at radius 2 is 2.33 bits per heavy atom. The molecule has 1 aliphatic heterocycles. The number of fused-ring (bicyclic) bond motifs is 1. The molecule has 1 aliphatic rings. The van der Waals surface area contributed by atoms with Gasteiger partial charge < -0.3 is 5.11 Å². The normalized spacial score (nSPS) is 19.0. The second-order valence-corrected chi connectivity index (χ2v) is 4.83. The number of rotatable bonds is 3. The summed E-state index contributed by atoms with van der Waals surface area (Å²) in [6.07, 6.45) is 2.19. The van der Waals surface area contributed by atoms with E-state index in [4.69, 9.17) is 0 Å². The van der Waals surface area contributed by atoms with Gasteiger partial charge in [0.15, 0.2) is 0 Å². The number of aliphatic hydroxyl groups is 1. The number of nitrogens with zero attached hydrogens (tertiary/aromatic N) is 4. The third-order valence-corrected chi connectivity index (χ3v) is 3.40. The third kappa shape index (κ3) is 1.81. The monoisotopic (exact) mass is 249 g/mol. The first-order valence-corrected chi connectivity index (χ1v) is 5.96. The van der Waals surface area contributed by atoms with E-state index in [0.29, 0.717) is 31.1 Å². The van der Waals surface area contributed by atoms with Gasteiger partial charge in [-0.2, -0.15) is 4.52 Å². The van der Waals surface area contributed by atoms with Crippen LogP contribution in [0.5, 0.6) is 0 Å². The van der Waals surface area contributed by atoms with Gasteiger partial charge in [-0.25, -0.2) is 9.97 Å². The molecule has 0 aromatic carbocycles. The molecular formula is C11H15N5O2. The zero-order valence-electron chi connectivity index (χ0n) is 10.1. The molecule has 0 saturated carbocycles. The van der Waals surface area contributed by atoms with Gasteiger partial charge in [-0.1, -0.05) is 6.92 Å². The van der Waals surface area contributed by atoms with Crippen LogP contribution in [0.1, 0.15) is 19.0 Å². The van der Waals surface area contributed by atoms with Crippen LogP contribution in [0.3, 0.4) is 0 Å². The highest BCUT2D eigenvalue weighted by Crippen LogP contribution is 2.24. The summed E-state index contributed by atoms with van der Waals surface area (Å²) in [4.78, 5) is 22.0. The molecule has 1 saturated heterocycles. The Labute approximate surface area is 103 Å². The Morgan fingerprint density at radius 3 is 3.06 bits per heavy atom. The van der Waals surface area contributed by atoms with Crippen LogP contribution in [-0.4, -0.2) is 48.3 Å². The van der Waals surface area contributed by atoms with Crippen LogP contribution in [0.15, 0.2) is 17.2 Å². The molecule has 0 unspecified atom stereocenters. The van der Waals surface area contributed by atoms with Crippen molar-refractivity contribution in [2.24, 2.45) is 0 Å². The molecule has 18 heavy (non-hydrogen) atoms. The lowest BCUT2D eigenvalue weighted by Crippen LogP contribution is -2.60. The van der Waals surface area contributed by atoms with E-state index in [1.54, 1.807) is 0 Å². The number of nitrogens with one attached hydrogen (secondary N) is 1. The summed E-state index contributed by atoms with van der Waals surface area (Å²) in [5.74, 6) is 0.378. The second-order valence-electron chi connectivity index (χ2n) is 4.83. The standard InChI is InChI=1S/C11H15N5O2/c1-2-11(18)5-15(6-11)4-8-3-9(17)16-10(14-8)12-7-13-16/h3,7,18H,2,4-6H2,1H3,(H,12,13,14). The SMILES string of the molecule is CCC1(O)CN(Cc2cc(=O)n3[nH]cnc3n2)C1. The number of H-pyrrole nitrogens is 1. The van der Waals surface area contributed by atoms with Gasteiger partial charge in [0.05, 0.1) is 11.3 Å². The first-order valence-electron chi connectivity index (χ1n) is 5.96. The Balaban J connectivity index is 1.78. The van der Waals surface area contributed by atoms with Gasteiger partial charge in [0.2, 0.25) is 0 Å². The summed E-state index contributed by atoms with van der Waals surface area (Å²) < 4.78 is 1.29. The molecule has 0 radical (unpaired) electrons. The highest BCUT2D eigenvalue weighted by atomic mass is 16.3. The average molecular weight is 249 g/mol. The zero-order valence-corrected chi connectivity index (χ0v) is 10.1. The minimum Gasteiger partial charge on any atom is -0.387 e. The molecule has 2 aromatic heterocycles. The summed E-state index contributed by atoms with van der Waals surface area (Å²) >= 11 is 0. The van der Waals surface area contributed by atoms with Crippen LogP contribution in [0.2, 0.25) is 0 Å². The molecule has 96 valence electrons. The van der Waals surface area contributed by atoms with E-state index in [9.17, 15) is 9.90 Å².